The van der Waals surface area contributed by atoms with Crippen LogP contribution in [0.4, 0.5) is 5.00 Å². The van der Waals surface area contributed by atoms with Gasteiger partial charge in [0, 0.05) is 18.2 Å². The largest absolute Gasteiger partial charge is 0.312 e. The van der Waals surface area contributed by atoms with Crippen molar-refractivity contribution in [2.75, 3.05) is 11.6 Å². The lowest BCUT2D eigenvalue weighted by molar-refractivity contribution is 0.101. The highest BCUT2D eigenvalue weighted by atomic mass is 32.2. The Morgan fingerprint density at radius 2 is 1.93 bits per heavy atom. The summed E-state index contributed by atoms with van der Waals surface area (Å²) in [6.45, 7) is 0.733. The average Bonchev–Trinajstić information content (AvgIpc) is 3.26. The number of amides is 1. The molecule has 28 heavy (non-hydrogen) atoms. The van der Waals surface area contributed by atoms with Crippen LogP contribution in [-0.4, -0.2) is 30.4 Å². The molecule has 0 saturated heterocycles. The van der Waals surface area contributed by atoms with E-state index in [2.05, 4.69) is 10.4 Å². The van der Waals surface area contributed by atoms with Gasteiger partial charge < -0.3 is 5.32 Å². The molecule has 1 aliphatic rings. The van der Waals surface area contributed by atoms with Gasteiger partial charge in [0.2, 0.25) is 0 Å². The second-order valence-corrected chi connectivity index (χ2v) is 10.7. The first-order valence-electron chi connectivity index (χ1n) is 9.48. The summed E-state index contributed by atoms with van der Waals surface area (Å²) in [6, 6.07) is 10.8. The van der Waals surface area contributed by atoms with Crippen LogP contribution in [-0.2, 0) is 16.4 Å². The van der Waals surface area contributed by atoms with Crippen molar-refractivity contribution in [3.05, 3.63) is 42.1 Å². The Labute approximate surface area is 168 Å². The van der Waals surface area contributed by atoms with Crippen LogP contribution in [0.5, 0.6) is 0 Å². The summed E-state index contributed by atoms with van der Waals surface area (Å²) in [4.78, 5) is 13.1. The van der Waals surface area contributed by atoms with Gasteiger partial charge in [0.25, 0.3) is 5.91 Å². The monoisotopic (exact) mass is 417 g/mol. The molecule has 2 aromatic heterocycles. The Morgan fingerprint density at radius 1 is 1.18 bits per heavy atom. The average molecular weight is 418 g/mol. The number of anilines is 1. The Hall–Kier alpha value is -2.19. The third kappa shape index (κ3) is 3.98. The predicted octanol–water partition coefficient (Wildman–Crippen LogP) is 4.33. The summed E-state index contributed by atoms with van der Waals surface area (Å²) in [6.07, 6.45) is 7.25. The first-order chi connectivity index (χ1) is 13.4. The lowest BCUT2D eigenvalue weighted by Crippen LogP contribution is -2.22. The number of nitrogens with one attached hydrogen (secondary N) is 1. The summed E-state index contributed by atoms with van der Waals surface area (Å²) >= 11 is 1.06. The zero-order valence-electron chi connectivity index (χ0n) is 15.7. The standard InChI is InChI=1S/C20H23N3O3S2/c1-28(25,26)18-12-11-17(27-18)21-20(24)19-15-9-5-6-10-16(15)22-23(19)13-14-7-3-2-4-8-14/h5-6,9-12,14H,2-4,7-8,13H2,1H3,(H,21,24). The Bertz CT molecular complexity index is 1110. The predicted molar refractivity (Wildman–Crippen MR) is 112 cm³/mol. The van der Waals surface area contributed by atoms with E-state index in [4.69, 9.17) is 0 Å². The molecule has 0 bridgehead atoms. The number of benzene rings is 1. The van der Waals surface area contributed by atoms with Crippen molar-refractivity contribution in [1.29, 1.82) is 0 Å². The summed E-state index contributed by atoms with van der Waals surface area (Å²) in [5.41, 5.74) is 1.34. The van der Waals surface area contributed by atoms with Gasteiger partial charge in [-0.25, -0.2) is 8.42 Å². The van der Waals surface area contributed by atoms with E-state index in [9.17, 15) is 13.2 Å². The number of hydrogen-bond donors (Lipinski definition) is 1. The molecule has 2 heterocycles. The molecule has 0 spiro atoms. The molecule has 1 aromatic carbocycles. The van der Waals surface area contributed by atoms with Crippen LogP contribution in [0.15, 0.2) is 40.6 Å². The van der Waals surface area contributed by atoms with Gasteiger partial charge in [-0.15, -0.1) is 11.3 Å². The molecule has 6 nitrogen and oxygen atoms in total. The van der Waals surface area contributed by atoms with Gasteiger partial charge in [-0.3, -0.25) is 9.48 Å². The summed E-state index contributed by atoms with van der Waals surface area (Å²) in [7, 11) is -3.28. The van der Waals surface area contributed by atoms with E-state index in [-0.39, 0.29) is 10.1 Å². The molecule has 148 valence electrons. The van der Waals surface area contributed by atoms with Crippen LogP contribution in [0, 0.1) is 5.92 Å². The molecular weight excluding hydrogens is 394 g/mol. The Balaban J connectivity index is 1.65. The maximum atomic E-state index is 13.1. The van der Waals surface area contributed by atoms with Crippen LogP contribution in [0.2, 0.25) is 0 Å². The van der Waals surface area contributed by atoms with E-state index in [1.807, 2.05) is 28.9 Å². The van der Waals surface area contributed by atoms with E-state index >= 15 is 0 Å². The Kier molecular flexibility index (Phi) is 5.25. The number of thiophene rings is 1. The van der Waals surface area contributed by atoms with Crippen LogP contribution in [0.1, 0.15) is 42.6 Å². The zero-order valence-corrected chi connectivity index (χ0v) is 17.4. The third-order valence-corrected chi connectivity index (χ3v) is 8.02. The van der Waals surface area contributed by atoms with Crippen LogP contribution < -0.4 is 5.32 Å². The molecule has 0 atom stereocenters. The smallest absolute Gasteiger partial charge is 0.275 e. The van der Waals surface area contributed by atoms with E-state index in [1.54, 1.807) is 6.07 Å². The third-order valence-electron chi connectivity index (χ3n) is 5.20. The number of fused-ring (bicyclic) bond motifs is 1. The second kappa shape index (κ2) is 7.67. The summed E-state index contributed by atoms with van der Waals surface area (Å²) in [5.74, 6) is 0.277. The number of carbonyl (C=O) groups is 1. The van der Waals surface area contributed by atoms with Gasteiger partial charge in [-0.2, -0.15) is 5.10 Å². The van der Waals surface area contributed by atoms with Gasteiger partial charge >= 0.3 is 0 Å². The minimum Gasteiger partial charge on any atom is -0.312 e. The normalized spacial score (nSPS) is 15.8. The molecule has 0 radical (unpaired) electrons. The molecule has 1 amide bonds. The Morgan fingerprint density at radius 3 is 2.64 bits per heavy atom. The highest BCUT2D eigenvalue weighted by Crippen LogP contribution is 2.29. The molecule has 1 fully saturated rings. The van der Waals surface area contributed by atoms with Crippen molar-refractivity contribution >= 4 is 43.0 Å². The molecule has 1 N–H and O–H groups in total. The minimum absolute atomic E-state index is 0.239. The number of sulfone groups is 1. The van der Waals surface area contributed by atoms with E-state index < -0.39 is 9.84 Å². The van der Waals surface area contributed by atoms with Crippen molar-refractivity contribution in [3.8, 4) is 0 Å². The topological polar surface area (TPSA) is 81.1 Å². The number of carbonyl (C=O) groups excluding carboxylic acids is 1. The molecule has 1 aliphatic carbocycles. The second-order valence-electron chi connectivity index (χ2n) is 7.40. The van der Waals surface area contributed by atoms with Crippen molar-refractivity contribution < 1.29 is 13.2 Å². The molecule has 0 unspecified atom stereocenters. The lowest BCUT2D eigenvalue weighted by Gasteiger charge is -2.22. The minimum atomic E-state index is -3.28. The van der Waals surface area contributed by atoms with E-state index in [0.717, 1.165) is 35.0 Å². The highest BCUT2D eigenvalue weighted by Gasteiger charge is 2.23. The van der Waals surface area contributed by atoms with Gasteiger partial charge in [-0.1, -0.05) is 37.5 Å². The molecular formula is C20H23N3O3S2. The molecule has 1 saturated carbocycles. The quantitative estimate of drug-likeness (QED) is 0.670. The van der Waals surface area contributed by atoms with Crippen molar-refractivity contribution in [2.24, 2.45) is 5.92 Å². The fraction of sp³-hybridized carbons (Fsp3) is 0.400. The maximum Gasteiger partial charge on any atom is 0.275 e. The number of aromatic nitrogens is 2. The van der Waals surface area contributed by atoms with Crippen LogP contribution >= 0.6 is 11.3 Å². The number of hydrogen-bond acceptors (Lipinski definition) is 5. The molecule has 8 heteroatoms. The van der Waals surface area contributed by atoms with Crippen molar-refractivity contribution in [1.82, 2.24) is 9.78 Å². The van der Waals surface area contributed by atoms with E-state index in [1.165, 1.54) is 38.2 Å². The fourth-order valence-electron chi connectivity index (χ4n) is 3.82. The highest BCUT2D eigenvalue weighted by molar-refractivity contribution is 7.92. The number of nitrogens with zero attached hydrogens (tertiary/aromatic N) is 2. The summed E-state index contributed by atoms with van der Waals surface area (Å²) in [5, 5.41) is 8.87. The summed E-state index contributed by atoms with van der Waals surface area (Å²) < 4.78 is 25.5. The van der Waals surface area contributed by atoms with Crippen LogP contribution in [0.3, 0.4) is 0 Å². The van der Waals surface area contributed by atoms with Crippen molar-refractivity contribution in [2.45, 2.75) is 42.9 Å². The van der Waals surface area contributed by atoms with Gasteiger partial charge in [0.05, 0.1) is 10.5 Å². The molecule has 3 aromatic rings. The first kappa shape index (κ1) is 19.1. The molecule has 0 aliphatic heterocycles. The maximum absolute atomic E-state index is 13.1. The lowest BCUT2D eigenvalue weighted by atomic mass is 9.89. The van der Waals surface area contributed by atoms with Crippen LogP contribution in [0.25, 0.3) is 10.9 Å². The zero-order chi connectivity index (χ0) is 19.7. The van der Waals surface area contributed by atoms with E-state index in [0.29, 0.717) is 16.6 Å². The SMILES string of the molecule is CS(=O)(=O)c1ccc(NC(=O)c2c3ccccc3nn2CC2CCCCC2)s1. The number of rotatable bonds is 5. The first-order valence-corrected chi connectivity index (χ1v) is 12.2. The van der Waals surface area contributed by atoms with Crippen molar-refractivity contribution in [3.63, 3.8) is 0 Å². The van der Waals surface area contributed by atoms with Gasteiger partial charge in [-0.05, 0) is 37.0 Å². The molecule has 4 rings (SSSR count). The fourth-order valence-corrected chi connectivity index (χ4v) is 5.65. The van der Waals surface area contributed by atoms with Gasteiger partial charge in [0.1, 0.15) is 9.90 Å². The van der Waals surface area contributed by atoms with Gasteiger partial charge in [0.15, 0.2) is 9.84 Å².